The van der Waals surface area contributed by atoms with Crippen LogP contribution < -0.4 is 5.73 Å². The second-order valence-corrected chi connectivity index (χ2v) is 3.24. The monoisotopic (exact) mass is 188 g/mol. The first-order chi connectivity index (χ1) is 6.68. The Morgan fingerprint density at radius 2 is 2.14 bits per heavy atom. The van der Waals surface area contributed by atoms with Crippen LogP contribution in [0.4, 0.5) is 5.69 Å². The minimum atomic E-state index is 0.658. The molecule has 0 aromatic carbocycles. The molecule has 0 aliphatic rings. The van der Waals surface area contributed by atoms with Gasteiger partial charge in [-0.2, -0.15) is 5.10 Å². The minimum Gasteiger partial charge on any atom is -0.396 e. The van der Waals surface area contributed by atoms with Crippen molar-refractivity contribution in [2.75, 3.05) is 5.73 Å². The molecular weight excluding hydrogens is 176 g/mol. The van der Waals surface area contributed by atoms with E-state index in [2.05, 4.69) is 10.1 Å². The van der Waals surface area contributed by atoms with E-state index < -0.39 is 0 Å². The maximum atomic E-state index is 5.80. The molecule has 0 aliphatic carbocycles. The summed E-state index contributed by atoms with van der Waals surface area (Å²) in [5.41, 5.74) is 9.17. The van der Waals surface area contributed by atoms with E-state index in [1.54, 1.807) is 10.9 Å². The molecule has 2 aromatic rings. The van der Waals surface area contributed by atoms with E-state index in [0.29, 0.717) is 5.69 Å². The lowest BCUT2D eigenvalue weighted by atomic mass is 10.2. The summed E-state index contributed by atoms with van der Waals surface area (Å²) in [6, 6.07) is 5.85. The van der Waals surface area contributed by atoms with E-state index in [9.17, 15) is 0 Å². The number of nitrogens with two attached hydrogens (primary N) is 1. The van der Waals surface area contributed by atoms with Gasteiger partial charge < -0.3 is 5.73 Å². The summed E-state index contributed by atoms with van der Waals surface area (Å²) in [6.07, 6.45) is 1.64. The van der Waals surface area contributed by atoms with Gasteiger partial charge in [0.15, 0.2) is 0 Å². The number of pyridine rings is 1. The van der Waals surface area contributed by atoms with Crippen LogP contribution in [0.5, 0.6) is 0 Å². The molecule has 0 atom stereocenters. The first kappa shape index (κ1) is 8.74. The number of aromatic nitrogens is 3. The molecule has 2 heterocycles. The topological polar surface area (TPSA) is 56.7 Å². The molecule has 0 unspecified atom stereocenters. The first-order valence-corrected chi connectivity index (χ1v) is 4.40. The van der Waals surface area contributed by atoms with Crippen LogP contribution in [0.15, 0.2) is 24.4 Å². The average molecular weight is 188 g/mol. The normalized spacial score (nSPS) is 10.4. The van der Waals surface area contributed by atoms with Crippen molar-refractivity contribution in [3.63, 3.8) is 0 Å². The molecule has 0 saturated heterocycles. The average Bonchev–Trinajstić information content (AvgIpc) is 2.46. The third-order valence-electron chi connectivity index (χ3n) is 2.10. The van der Waals surface area contributed by atoms with Crippen LogP contribution in [0, 0.1) is 6.92 Å². The van der Waals surface area contributed by atoms with Gasteiger partial charge in [0, 0.05) is 12.7 Å². The zero-order chi connectivity index (χ0) is 10.1. The predicted molar refractivity (Wildman–Crippen MR) is 55.6 cm³/mol. The molecule has 4 heteroatoms. The van der Waals surface area contributed by atoms with Crippen molar-refractivity contribution in [1.82, 2.24) is 14.8 Å². The molecule has 2 aromatic heterocycles. The molecule has 0 fully saturated rings. The van der Waals surface area contributed by atoms with Crippen molar-refractivity contribution in [3.8, 4) is 11.4 Å². The van der Waals surface area contributed by atoms with E-state index in [1.807, 2.05) is 32.2 Å². The Bertz CT molecular complexity index is 439. The predicted octanol–water partition coefficient (Wildman–Crippen LogP) is 1.37. The van der Waals surface area contributed by atoms with Gasteiger partial charge in [0.2, 0.25) is 0 Å². The second kappa shape index (κ2) is 3.14. The zero-order valence-corrected chi connectivity index (χ0v) is 8.23. The highest BCUT2D eigenvalue weighted by molar-refractivity contribution is 5.69. The van der Waals surface area contributed by atoms with Crippen molar-refractivity contribution < 1.29 is 0 Å². The third-order valence-corrected chi connectivity index (χ3v) is 2.10. The summed E-state index contributed by atoms with van der Waals surface area (Å²) in [5, 5.41) is 4.07. The van der Waals surface area contributed by atoms with Gasteiger partial charge >= 0.3 is 0 Å². The van der Waals surface area contributed by atoms with Gasteiger partial charge in [0.1, 0.15) is 5.69 Å². The highest BCUT2D eigenvalue weighted by Crippen LogP contribution is 2.22. The highest BCUT2D eigenvalue weighted by Gasteiger charge is 2.08. The lowest BCUT2D eigenvalue weighted by Gasteiger charge is -2.03. The maximum absolute atomic E-state index is 5.80. The van der Waals surface area contributed by atoms with Gasteiger partial charge in [0.05, 0.1) is 17.6 Å². The van der Waals surface area contributed by atoms with Gasteiger partial charge in [-0.1, -0.05) is 6.07 Å². The standard InChI is InChI=1S/C10H12N4/c1-7-4-3-5-9(13-7)10-8(11)6-12-14(10)2/h3-6H,11H2,1-2H3. The fraction of sp³-hybridized carbons (Fsp3) is 0.200. The Hall–Kier alpha value is -1.84. The molecule has 72 valence electrons. The maximum Gasteiger partial charge on any atom is 0.109 e. The van der Waals surface area contributed by atoms with E-state index in [0.717, 1.165) is 17.1 Å². The summed E-state index contributed by atoms with van der Waals surface area (Å²) in [6.45, 7) is 1.95. The molecule has 0 radical (unpaired) electrons. The quantitative estimate of drug-likeness (QED) is 0.735. The number of nitrogens with zero attached hydrogens (tertiary/aromatic N) is 3. The Kier molecular flexibility index (Phi) is 1.96. The number of anilines is 1. The second-order valence-electron chi connectivity index (χ2n) is 3.24. The SMILES string of the molecule is Cc1cccc(-c2c(N)cnn2C)n1. The molecular formula is C10H12N4. The van der Waals surface area contributed by atoms with Crippen LogP contribution >= 0.6 is 0 Å². The Labute approximate surface area is 82.4 Å². The van der Waals surface area contributed by atoms with E-state index in [4.69, 9.17) is 5.73 Å². The largest absolute Gasteiger partial charge is 0.396 e. The fourth-order valence-electron chi connectivity index (χ4n) is 1.44. The molecule has 2 rings (SSSR count). The van der Waals surface area contributed by atoms with Crippen LogP contribution in [0.2, 0.25) is 0 Å². The first-order valence-electron chi connectivity index (χ1n) is 4.40. The molecule has 0 spiro atoms. The van der Waals surface area contributed by atoms with Crippen LogP contribution in [0.1, 0.15) is 5.69 Å². The summed E-state index contributed by atoms with van der Waals surface area (Å²) in [5.74, 6) is 0. The van der Waals surface area contributed by atoms with Crippen LogP contribution in [0.3, 0.4) is 0 Å². The summed E-state index contributed by atoms with van der Waals surface area (Å²) in [4.78, 5) is 4.40. The van der Waals surface area contributed by atoms with Crippen LogP contribution in [-0.2, 0) is 7.05 Å². The zero-order valence-electron chi connectivity index (χ0n) is 8.23. The van der Waals surface area contributed by atoms with Crippen molar-refractivity contribution in [2.24, 2.45) is 7.05 Å². The molecule has 4 nitrogen and oxygen atoms in total. The number of nitrogen functional groups attached to an aromatic ring is 1. The van der Waals surface area contributed by atoms with E-state index in [1.165, 1.54) is 0 Å². The number of hydrogen-bond acceptors (Lipinski definition) is 3. The molecule has 14 heavy (non-hydrogen) atoms. The number of aryl methyl sites for hydroxylation is 2. The molecule has 0 amide bonds. The van der Waals surface area contributed by atoms with Gasteiger partial charge in [-0.05, 0) is 19.1 Å². The van der Waals surface area contributed by atoms with Gasteiger partial charge in [-0.3, -0.25) is 9.67 Å². The van der Waals surface area contributed by atoms with Crippen molar-refractivity contribution in [2.45, 2.75) is 6.92 Å². The molecule has 0 saturated carbocycles. The van der Waals surface area contributed by atoms with Gasteiger partial charge in [-0.15, -0.1) is 0 Å². The lowest BCUT2D eigenvalue weighted by molar-refractivity contribution is 0.773. The Morgan fingerprint density at radius 1 is 1.36 bits per heavy atom. The van der Waals surface area contributed by atoms with E-state index >= 15 is 0 Å². The minimum absolute atomic E-state index is 0.658. The third kappa shape index (κ3) is 1.35. The number of rotatable bonds is 1. The smallest absolute Gasteiger partial charge is 0.109 e. The summed E-state index contributed by atoms with van der Waals surface area (Å²) >= 11 is 0. The molecule has 0 bridgehead atoms. The van der Waals surface area contributed by atoms with Crippen molar-refractivity contribution in [1.29, 1.82) is 0 Å². The Balaban J connectivity index is 2.59. The highest BCUT2D eigenvalue weighted by atomic mass is 15.3. The van der Waals surface area contributed by atoms with Gasteiger partial charge in [0.25, 0.3) is 0 Å². The summed E-state index contributed by atoms with van der Waals surface area (Å²) in [7, 11) is 1.86. The van der Waals surface area contributed by atoms with E-state index in [-0.39, 0.29) is 0 Å². The summed E-state index contributed by atoms with van der Waals surface area (Å²) < 4.78 is 1.73. The Morgan fingerprint density at radius 3 is 2.71 bits per heavy atom. The van der Waals surface area contributed by atoms with Gasteiger partial charge in [-0.25, -0.2) is 0 Å². The lowest BCUT2D eigenvalue weighted by Crippen LogP contribution is -1.98. The van der Waals surface area contributed by atoms with Crippen LogP contribution in [0.25, 0.3) is 11.4 Å². The molecule has 2 N–H and O–H groups in total. The fourth-order valence-corrected chi connectivity index (χ4v) is 1.44. The number of hydrogen-bond donors (Lipinski definition) is 1. The molecule has 0 aliphatic heterocycles. The van der Waals surface area contributed by atoms with Crippen molar-refractivity contribution >= 4 is 5.69 Å². The van der Waals surface area contributed by atoms with Crippen molar-refractivity contribution in [3.05, 3.63) is 30.1 Å². The van der Waals surface area contributed by atoms with Crippen LogP contribution in [-0.4, -0.2) is 14.8 Å².